The molecule has 0 bridgehead atoms. The molecule has 3 rings (SSSR count). The predicted molar refractivity (Wildman–Crippen MR) is 121 cm³/mol. The molecular formula is C27H41F3O. The van der Waals surface area contributed by atoms with Crippen LogP contribution in [0.2, 0.25) is 0 Å². The molecule has 1 nitrogen and oxygen atoms in total. The number of hydrogen-bond acceptors (Lipinski definition) is 1. The lowest BCUT2D eigenvalue weighted by atomic mass is 9.74. The van der Waals surface area contributed by atoms with Crippen molar-refractivity contribution in [1.82, 2.24) is 0 Å². The van der Waals surface area contributed by atoms with Crippen LogP contribution in [0.25, 0.3) is 0 Å². The second-order valence-corrected chi connectivity index (χ2v) is 10.6. The number of halogens is 3. The van der Waals surface area contributed by atoms with Gasteiger partial charge in [0.15, 0.2) is 0 Å². The van der Waals surface area contributed by atoms with Crippen LogP contribution in [0.15, 0.2) is 24.3 Å². The summed E-state index contributed by atoms with van der Waals surface area (Å²) in [6, 6.07) is 6.53. The average Bonchev–Trinajstić information content (AvgIpc) is 2.73. The monoisotopic (exact) mass is 438 g/mol. The first-order chi connectivity index (χ1) is 14.8. The summed E-state index contributed by atoms with van der Waals surface area (Å²) < 4.78 is 40.9. The van der Waals surface area contributed by atoms with Crippen molar-refractivity contribution in [3.63, 3.8) is 0 Å². The van der Waals surface area contributed by atoms with Crippen LogP contribution in [0.4, 0.5) is 13.2 Å². The van der Waals surface area contributed by atoms with E-state index < -0.39 is 6.36 Å². The van der Waals surface area contributed by atoms with Gasteiger partial charge in [0.1, 0.15) is 5.75 Å². The predicted octanol–water partition coefficient (Wildman–Crippen LogP) is 9.27. The summed E-state index contributed by atoms with van der Waals surface area (Å²) >= 11 is 0. The highest BCUT2D eigenvalue weighted by molar-refractivity contribution is 5.29. The largest absolute Gasteiger partial charge is 0.573 e. The Morgan fingerprint density at radius 2 is 1.26 bits per heavy atom. The molecule has 2 aliphatic carbocycles. The molecule has 0 heterocycles. The molecule has 0 aromatic heterocycles. The molecule has 2 saturated carbocycles. The number of benzene rings is 1. The second kappa shape index (κ2) is 11.6. The number of alkyl halides is 3. The number of rotatable bonds is 9. The van der Waals surface area contributed by atoms with Gasteiger partial charge in [-0.2, -0.15) is 0 Å². The quantitative estimate of drug-likeness (QED) is 0.373. The molecule has 1 aromatic carbocycles. The Hall–Kier alpha value is -1.19. The van der Waals surface area contributed by atoms with E-state index in [0.29, 0.717) is 5.92 Å². The molecule has 176 valence electrons. The van der Waals surface area contributed by atoms with Gasteiger partial charge < -0.3 is 4.74 Å². The first-order valence-electron chi connectivity index (χ1n) is 12.6. The van der Waals surface area contributed by atoms with Crippen molar-refractivity contribution in [2.45, 2.75) is 110 Å². The van der Waals surface area contributed by atoms with E-state index in [4.69, 9.17) is 0 Å². The first-order valence-corrected chi connectivity index (χ1v) is 12.6. The van der Waals surface area contributed by atoms with Gasteiger partial charge in [-0.1, -0.05) is 83.8 Å². The summed E-state index contributed by atoms with van der Waals surface area (Å²) in [7, 11) is 0. The first kappa shape index (κ1) is 24.5. The lowest BCUT2D eigenvalue weighted by molar-refractivity contribution is -0.274. The van der Waals surface area contributed by atoms with Crippen LogP contribution in [0, 0.1) is 23.7 Å². The molecule has 0 amide bonds. The summed E-state index contributed by atoms with van der Waals surface area (Å²) in [4.78, 5) is 0. The van der Waals surface area contributed by atoms with E-state index in [0.717, 1.165) is 42.1 Å². The number of ether oxygens (including phenoxy) is 1. The fourth-order valence-electron chi connectivity index (χ4n) is 5.82. The molecule has 0 unspecified atom stereocenters. The SMILES string of the molecule is CC(C)CCCC1CCC(CCC2CCC(c3ccc(OC(F)(F)F)cc3)CC2)CC1. The highest BCUT2D eigenvalue weighted by Crippen LogP contribution is 2.40. The summed E-state index contributed by atoms with van der Waals surface area (Å²) in [5.74, 6) is 3.97. The maximum atomic E-state index is 12.3. The van der Waals surface area contributed by atoms with Gasteiger partial charge in [0.05, 0.1) is 0 Å². The summed E-state index contributed by atoms with van der Waals surface area (Å²) in [5, 5.41) is 0. The molecule has 0 N–H and O–H groups in total. The van der Waals surface area contributed by atoms with Gasteiger partial charge in [0, 0.05) is 0 Å². The highest BCUT2D eigenvalue weighted by Gasteiger charge is 2.31. The molecule has 0 radical (unpaired) electrons. The maximum absolute atomic E-state index is 12.3. The van der Waals surface area contributed by atoms with E-state index in [-0.39, 0.29) is 5.75 Å². The van der Waals surface area contributed by atoms with Crippen molar-refractivity contribution in [2.75, 3.05) is 0 Å². The minimum absolute atomic E-state index is 0.125. The highest BCUT2D eigenvalue weighted by atomic mass is 19.4. The molecule has 4 heteroatoms. The molecule has 0 aliphatic heterocycles. The summed E-state index contributed by atoms with van der Waals surface area (Å²) in [5.41, 5.74) is 1.16. The van der Waals surface area contributed by atoms with Crippen LogP contribution in [-0.2, 0) is 0 Å². The van der Waals surface area contributed by atoms with Crippen molar-refractivity contribution >= 4 is 0 Å². The van der Waals surface area contributed by atoms with Crippen LogP contribution in [0.5, 0.6) is 5.75 Å². The Morgan fingerprint density at radius 1 is 0.774 bits per heavy atom. The third kappa shape index (κ3) is 8.69. The third-order valence-corrected chi connectivity index (χ3v) is 7.78. The van der Waals surface area contributed by atoms with Crippen molar-refractivity contribution in [3.8, 4) is 5.75 Å². The standard InChI is InChI=1S/C27H41F3O/c1-20(2)4-3-5-21-6-8-22(9-7-21)10-11-23-12-14-24(15-13-23)25-16-18-26(19-17-25)31-27(28,29)30/h16-24H,3-15H2,1-2H3. The van der Waals surface area contributed by atoms with E-state index in [1.54, 1.807) is 0 Å². The van der Waals surface area contributed by atoms with Gasteiger partial charge in [0.2, 0.25) is 0 Å². The maximum Gasteiger partial charge on any atom is 0.573 e. The molecular weight excluding hydrogens is 397 g/mol. The topological polar surface area (TPSA) is 9.23 Å². The summed E-state index contributed by atoms with van der Waals surface area (Å²) in [6.07, 6.45) is 13.0. The van der Waals surface area contributed by atoms with Gasteiger partial charge in [-0.05, 0) is 73.0 Å². The van der Waals surface area contributed by atoms with E-state index in [1.165, 1.54) is 82.8 Å². The van der Waals surface area contributed by atoms with E-state index in [1.807, 2.05) is 12.1 Å². The lowest BCUT2D eigenvalue weighted by Gasteiger charge is -2.32. The molecule has 0 saturated heterocycles. The van der Waals surface area contributed by atoms with Gasteiger partial charge in [0.25, 0.3) is 0 Å². The normalized spacial score (nSPS) is 27.4. The minimum atomic E-state index is -4.62. The third-order valence-electron chi connectivity index (χ3n) is 7.78. The summed E-state index contributed by atoms with van der Waals surface area (Å²) in [6.45, 7) is 4.65. The van der Waals surface area contributed by atoms with Crippen LogP contribution >= 0.6 is 0 Å². The molecule has 31 heavy (non-hydrogen) atoms. The van der Waals surface area contributed by atoms with E-state index in [9.17, 15) is 13.2 Å². The van der Waals surface area contributed by atoms with E-state index in [2.05, 4.69) is 18.6 Å². The molecule has 0 spiro atoms. The Morgan fingerprint density at radius 3 is 1.74 bits per heavy atom. The zero-order valence-electron chi connectivity index (χ0n) is 19.4. The zero-order valence-corrected chi connectivity index (χ0v) is 19.4. The van der Waals surface area contributed by atoms with Crippen molar-refractivity contribution in [2.24, 2.45) is 23.7 Å². The van der Waals surface area contributed by atoms with E-state index >= 15 is 0 Å². The second-order valence-electron chi connectivity index (χ2n) is 10.6. The Kier molecular flexibility index (Phi) is 9.16. The molecule has 1 aromatic rings. The Bertz CT molecular complexity index is 621. The van der Waals surface area contributed by atoms with Gasteiger partial charge >= 0.3 is 6.36 Å². The van der Waals surface area contributed by atoms with Gasteiger partial charge in [-0.3, -0.25) is 0 Å². The van der Waals surface area contributed by atoms with Crippen molar-refractivity contribution in [3.05, 3.63) is 29.8 Å². The fourth-order valence-corrected chi connectivity index (χ4v) is 5.82. The van der Waals surface area contributed by atoms with Crippen LogP contribution in [0.1, 0.15) is 109 Å². The Labute approximate surface area is 187 Å². The van der Waals surface area contributed by atoms with Crippen LogP contribution in [0.3, 0.4) is 0 Å². The minimum Gasteiger partial charge on any atom is -0.406 e. The van der Waals surface area contributed by atoms with Crippen LogP contribution < -0.4 is 4.74 Å². The smallest absolute Gasteiger partial charge is 0.406 e. The molecule has 2 fully saturated rings. The van der Waals surface area contributed by atoms with Gasteiger partial charge in [-0.15, -0.1) is 13.2 Å². The molecule has 2 aliphatic rings. The Balaban J connectivity index is 1.31. The van der Waals surface area contributed by atoms with Crippen molar-refractivity contribution in [1.29, 1.82) is 0 Å². The van der Waals surface area contributed by atoms with Crippen molar-refractivity contribution < 1.29 is 17.9 Å². The van der Waals surface area contributed by atoms with Gasteiger partial charge in [-0.25, -0.2) is 0 Å². The lowest BCUT2D eigenvalue weighted by Crippen LogP contribution is -2.18. The average molecular weight is 439 g/mol. The molecule has 0 atom stereocenters. The number of hydrogen-bond donors (Lipinski definition) is 0. The fraction of sp³-hybridized carbons (Fsp3) is 0.778. The zero-order chi connectivity index (χ0) is 22.3. The van der Waals surface area contributed by atoms with Crippen LogP contribution in [-0.4, -0.2) is 6.36 Å².